The minimum absolute atomic E-state index is 0.131. The van der Waals surface area contributed by atoms with E-state index in [1.54, 1.807) is 6.92 Å². The van der Waals surface area contributed by atoms with E-state index in [-0.39, 0.29) is 5.92 Å². The maximum absolute atomic E-state index is 12.9. The van der Waals surface area contributed by atoms with E-state index in [0.29, 0.717) is 32.3 Å². The fraction of sp³-hybridized carbons (Fsp3) is 0.591. The van der Waals surface area contributed by atoms with Gasteiger partial charge in [0.25, 0.3) is 0 Å². The summed E-state index contributed by atoms with van der Waals surface area (Å²) in [5.74, 6) is -2.71. The lowest BCUT2D eigenvalue weighted by atomic mass is 9.82. The van der Waals surface area contributed by atoms with Gasteiger partial charge in [-0.3, -0.25) is 9.59 Å². The van der Waals surface area contributed by atoms with Crippen LogP contribution in [0.15, 0.2) is 30.3 Å². The van der Waals surface area contributed by atoms with Crippen LogP contribution in [0.1, 0.15) is 46.5 Å². The lowest BCUT2D eigenvalue weighted by Gasteiger charge is -2.26. The molecule has 0 spiro atoms. The van der Waals surface area contributed by atoms with Crippen molar-refractivity contribution < 1.29 is 29.0 Å². The highest BCUT2D eigenvalue weighted by atomic mass is 16.5. The van der Waals surface area contributed by atoms with Gasteiger partial charge >= 0.3 is 11.9 Å². The van der Waals surface area contributed by atoms with E-state index >= 15 is 0 Å². The van der Waals surface area contributed by atoms with Crippen molar-refractivity contribution in [2.75, 3.05) is 13.7 Å². The average Bonchev–Trinajstić information content (AvgIpc) is 2.70. The normalized spacial score (nSPS) is 14.0. The summed E-state index contributed by atoms with van der Waals surface area (Å²) in [6, 6.07) is 8.51. The third-order valence-corrected chi connectivity index (χ3v) is 4.75. The molecule has 3 atom stereocenters. The van der Waals surface area contributed by atoms with Crippen LogP contribution in [0.5, 0.6) is 5.75 Å². The molecule has 2 N–H and O–H groups in total. The van der Waals surface area contributed by atoms with Gasteiger partial charge in [0.05, 0.1) is 25.6 Å². The monoisotopic (exact) mass is 407 g/mol. The molecule has 0 fully saturated rings. The Morgan fingerprint density at radius 1 is 1.10 bits per heavy atom. The van der Waals surface area contributed by atoms with Crippen LogP contribution in [0.25, 0.3) is 0 Å². The number of para-hydroxylation sites is 1. The lowest BCUT2D eigenvalue weighted by Crippen LogP contribution is -2.46. The molecule has 0 aromatic heterocycles. The molecule has 1 aromatic rings. The molecule has 0 radical (unpaired) electrons. The van der Waals surface area contributed by atoms with Crippen molar-refractivity contribution in [1.82, 2.24) is 5.32 Å². The predicted molar refractivity (Wildman–Crippen MR) is 109 cm³/mol. The summed E-state index contributed by atoms with van der Waals surface area (Å²) in [7, 11) is 1.26. The van der Waals surface area contributed by atoms with Gasteiger partial charge in [-0.15, -0.1) is 0 Å². The number of methoxy groups -OCH3 is 1. The van der Waals surface area contributed by atoms with Gasteiger partial charge < -0.3 is 19.9 Å². The Morgan fingerprint density at radius 3 is 2.28 bits per heavy atom. The van der Waals surface area contributed by atoms with Crippen molar-refractivity contribution in [1.29, 1.82) is 0 Å². The van der Waals surface area contributed by atoms with Gasteiger partial charge in [-0.25, -0.2) is 4.79 Å². The van der Waals surface area contributed by atoms with Gasteiger partial charge in [0, 0.05) is 0 Å². The molecule has 162 valence electrons. The maximum Gasteiger partial charge on any atom is 0.328 e. The first kappa shape index (κ1) is 24.5. The fourth-order valence-electron chi connectivity index (χ4n) is 3.22. The number of nitrogens with one attached hydrogen (secondary N) is 1. The van der Waals surface area contributed by atoms with Crippen LogP contribution in [0.4, 0.5) is 0 Å². The van der Waals surface area contributed by atoms with Gasteiger partial charge in [-0.1, -0.05) is 39.0 Å². The van der Waals surface area contributed by atoms with Gasteiger partial charge in [-0.2, -0.15) is 0 Å². The maximum atomic E-state index is 12.9. The largest absolute Gasteiger partial charge is 0.494 e. The highest BCUT2D eigenvalue weighted by Crippen LogP contribution is 2.26. The molecule has 7 nitrogen and oxygen atoms in total. The van der Waals surface area contributed by atoms with Crippen molar-refractivity contribution in [3.8, 4) is 5.75 Å². The Balaban J connectivity index is 2.78. The molecule has 0 aliphatic carbocycles. The van der Waals surface area contributed by atoms with Gasteiger partial charge in [0.15, 0.2) is 0 Å². The van der Waals surface area contributed by atoms with Crippen LogP contribution in [-0.4, -0.2) is 42.7 Å². The summed E-state index contributed by atoms with van der Waals surface area (Å²) in [6.45, 7) is 6.00. The number of aliphatic carboxylic acids is 1. The number of carbonyl (C=O) groups is 3. The number of carboxylic acids is 1. The van der Waals surface area contributed by atoms with E-state index in [9.17, 15) is 19.5 Å². The number of benzene rings is 1. The summed E-state index contributed by atoms with van der Waals surface area (Å²) in [6.07, 6.45) is 1.60. The van der Waals surface area contributed by atoms with Crippen molar-refractivity contribution in [3.05, 3.63) is 30.3 Å². The second-order valence-corrected chi connectivity index (χ2v) is 7.48. The SMILES string of the molecule is CC[C@H](NC(=O)[C@H](CC(C)C)[C@H](CCCOc1ccccc1)C(=O)O)C(=O)OC. The third-order valence-electron chi connectivity index (χ3n) is 4.75. The fourth-order valence-corrected chi connectivity index (χ4v) is 3.22. The van der Waals surface area contributed by atoms with Crippen LogP contribution in [-0.2, 0) is 19.1 Å². The van der Waals surface area contributed by atoms with Gasteiger partial charge in [0.1, 0.15) is 11.8 Å². The van der Waals surface area contributed by atoms with Crippen LogP contribution >= 0.6 is 0 Å². The minimum Gasteiger partial charge on any atom is -0.494 e. The Morgan fingerprint density at radius 2 is 1.76 bits per heavy atom. The highest BCUT2D eigenvalue weighted by Gasteiger charge is 2.35. The van der Waals surface area contributed by atoms with E-state index in [1.807, 2.05) is 44.2 Å². The van der Waals surface area contributed by atoms with E-state index in [1.165, 1.54) is 7.11 Å². The molecule has 0 heterocycles. The van der Waals surface area contributed by atoms with Crippen LogP contribution in [0, 0.1) is 17.8 Å². The van der Waals surface area contributed by atoms with Crippen molar-refractivity contribution in [2.24, 2.45) is 17.8 Å². The minimum atomic E-state index is -1.02. The Hall–Kier alpha value is -2.57. The second-order valence-electron chi connectivity index (χ2n) is 7.48. The molecule has 0 aliphatic heterocycles. The van der Waals surface area contributed by atoms with Crippen LogP contribution in [0.3, 0.4) is 0 Å². The summed E-state index contributed by atoms with van der Waals surface area (Å²) in [5, 5.41) is 12.4. The molecule has 1 rings (SSSR count). The third kappa shape index (κ3) is 8.54. The van der Waals surface area contributed by atoms with Crippen LogP contribution < -0.4 is 10.1 Å². The molecule has 29 heavy (non-hydrogen) atoms. The topological polar surface area (TPSA) is 102 Å². The smallest absolute Gasteiger partial charge is 0.328 e. The molecule has 0 unspecified atom stereocenters. The van der Waals surface area contributed by atoms with Crippen molar-refractivity contribution >= 4 is 17.8 Å². The summed E-state index contributed by atoms with van der Waals surface area (Å²) >= 11 is 0. The first-order valence-electron chi connectivity index (χ1n) is 10.1. The van der Waals surface area contributed by atoms with E-state index < -0.39 is 35.7 Å². The zero-order chi connectivity index (χ0) is 21.8. The number of esters is 1. The van der Waals surface area contributed by atoms with Gasteiger partial charge in [0.2, 0.25) is 5.91 Å². The summed E-state index contributed by atoms with van der Waals surface area (Å²) < 4.78 is 10.3. The standard InChI is InChI=1S/C22H33NO6/c1-5-19(22(27)28-4)23-20(24)18(14-15(2)3)17(21(25)26)12-9-13-29-16-10-7-6-8-11-16/h6-8,10-11,15,17-19H,5,9,12-14H2,1-4H3,(H,23,24)(H,25,26)/t17-,18+,19-/m0/s1. The molecule has 0 aliphatic rings. The number of hydrogen-bond acceptors (Lipinski definition) is 5. The summed E-state index contributed by atoms with van der Waals surface area (Å²) in [5.41, 5.74) is 0. The zero-order valence-corrected chi connectivity index (χ0v) is 17.7. The van der Waals surface area contributed by atoms with E-state index in [0.717, 1.165) is 5.75 Å². The number of carboxylic acid groups (broad SMARTS) is 1. The predicted octanol–water partition coefficient (Wildman–Crippen LogP) is 3.28. The number of hydrogen-bond donors (Lipinski definition) is 2. The molecule has 0 saturated carbocycles. The molecule has 7 heteroatoms. The van der Waals surface area contributed by atoms with Crippen molar-refractivity contribution in [3.63, 3.8) is 0 Å². The summed E-state index contributed by atoms with van der Waals surface area (Å²) in [4.78, 5) is 36.6. The quantitative estimate of drug-likeness (QED) is 0.384. The Labute approximate surface area is 172 Å². The molecule has 1 amide bonds. The average molecular weight is 408 g/mol. The number of rotatable bonds is 13. The molecular weight excluding hydrogens is 374 g/mol. The zero-order valence-electron chi connectivity index (χ0n) is 17.7. The first-order valence-corrected chi connectivity index (χ1v) is 10.1. The van der Waals surface area contributed by atoms with E-state index in [4.69, 9.17) is 9.47 Å². The first-order chi connectivity index (χ1) is 13.8. The van der Waals surface area contributed by atoms with Crippen molar-refractivity contribution in [2.45, 2.75) is 52.5 Å². The second kappa shape index (κ2) is 12.8. The van der Waals surface area contributed by atoms with Gasteiger partial charge in [-0.05, 0) is 43.7 Å². The molecular formula is C22H33NO6. The Kier molecular flexibility index (Phi) is 10.8. The number of carbonyl (C=O) groups excluding carboxylic acids is 2. The Bertz CT molecular complexity index is 646. The van der Waals surface area contributed by atoms with E-state index in [2.05, 4.69) is 5.32 Å². The molecule has 0 bridgehead atoms. The number of amides is 1. The lowest BCUT2D eigenvalue weighted by molar-refractivity contribution is -0.150. The van der Waals surface area contributed by atoms with Crippen LogP contribution in [0.2, 0.25) is 0 Å². The number of ether oxygens (including phenoxy) is 2. The molecule has 1 aromatic carbocycles. The molecule has 0 saturated heterocycles. The highest BCUT2D eigenvalue weighted by molar-refractivity contribution is 5.88.